The van der Waals surface area contributed by atoms with E-state index in [2.05, 4.69) is 142 Å². The first-order valence-electron chi connectivity index (χ1n) is 31.4. The Labute approximate surface area is 487 Å². The number of hydrogen-bond donors (Lipinski definition) is 2. The van der Waals surface area contributed by atoms with Crippen molar-refractivity contribution >= 4 is 25.7 Å². The topological polar surface area (TPSA) is 155 Å². The first kappa shape index (κ1) is 75.9. The molecule has 3 atom stereocenters. The monoisotopic (exact) mass is 1140 g/mol. The molecule has 0 bridgehead atoms. The lowest BCUT2D eigenvalue weighted by atomic mass is 10.1. The van der Waals surface area contributed by atoms with E-state index in [1.54, 1.807) is 0 Å². The molecule has 80 heavy (non-hydrogen) atoms. The van der Waals surface area contributed by atoms with Crippen LogP contribution in [0, 0.1) is 0 Å². The molecule has 0 fully saturated rings. The smallest absolute Gasteiger partial charge is 0.462 e. The number of carbonyl (C=O) groups is 3. The lowest BCUT2D eigenvalue weighted by Crippen LogP contribution is -2.30. The Morgan fingerprint density at radius 2 is 0.650 bits per heavy atom. The number of rotatable bonds is 57. The van der Waals surface area contributed by atoms with Gasteiger partial charge >= 0.3 is 25.7 Å². The number of hydrogen-bond acceptors (Lipinski definition) is 10. The van der Waals surface area contributed by atoms with Crippen molar-refractivity contribution in [1.29, 1.82) is 0 Å². The van der Waals surface area contributed by atoms with E-state index in [0.29, 0.717) is 19.3 Å². The minimum Gasteiger partial charge on any atom is -0.462 e. The van der Waals surface area contributed by atoms with Crippen LogP contribution in [0.5, 0.6) is 0 Å². The zero-order valence-electron chi connectivity index (χ0n) is 50.5. The summed E-state index contributed by atoms with van der Waals surface area (Å²) >= 11 is 0. The quantitative estimate of drug-likeness (QED) is 0.0197. The molecule has 3 unspecified atom stereocenters. The van der Waals surface area contributed by atoms with Gasteiger partial charge in [-0.15, -0.1) is 0 Å². The van der Waals surface area contributed by atoms with Gasteiger partial charge in [-0.05, 0) is 128 Å². The number of carbonyl (C=O) groups excluding carboxylic acids is 3. The fourth-order valence-electron chi connectivity index (χ4n) is 8.13. The van der Waals surface area contributed by atoms with Crippen molar-refractivity contribution in [3.8, 4) is 0 Å². The minimum absolute atomic E-state index is 0.141. The Balaban J connectivity index is 4.76. The van der Waals surface area contributed by atoms with Crippen molar-refractivity contribution in [2.24, 2.45) is 0 Å². The molecule has 0 saturated carbocycles. The number of phosphoric acid groups is 1. The third-order valence-corrected chi connectivity index (χ3v) is 13.8. The summed E-state index contributed by atoms with van der Waals surface area (Å²) < 4.78 is 39.6. The molecule has 0 aromatic carbocycles. The van der Waals surface area contributed by atoms with Gasteiger partial charge in [0, 0.05) is 19.3 Å². The largest absolute Gasteiger partial charge is 0.472 e. The summed E-state index contributed by atoms with van der Waals surface area (Å²) in [6.07, 6.45) is 75.7. The van der Waals surface area contributed by atoms with Crippen molar-refractivity contribution in [2.45, 2.75) is 264 Å². The molecule has 2 N–H and O–H groups in total. The zero-order valence-corrected chi connectivity index (χ0v) is 51.4. The summed E-state index contributed by atoms with van der Waals surface area (Å²) in [6, 6.07) is 0. The van der Waals surface area contributed by atoms with Crippen LogP contribution in [0.4, 0.5) is 0 Å². The van der Waals surface area contributed by atoms with Crippen LogP contribution in [-0.4, -0.2) is 66.5 Å². The molecule has 0 radical (unpaired) electrons. The Hall–Kier alpha value is -4.12. The van der Waals surface area contributed by atoms with Gasteiger partial charge in [0.05, 0.1) is 19.8 Å². The Bertz CT molecular complexity index is 1800. The highest BCUT2D eigenvalue weighted by Crippen LogP contribution is 2.43. The average molecular weight is 1140 g/mol. The van der Waals surface area contributed by atoms with Crippen molar-refractivity contribution in [2.75, 3.05) is 26.4 Å². The van der Waals surface area contributed by atoms with Crippen molar-refractivity contribution in [3.63, 3.8) is 0 Å². The Morgan fingerprint density at radius 1 is 0.362 bits per heavy atom. The van der Waals surface area contributed by atoms with Gasteiger partial charge in [-0.1, -0.05) is 226 Å². The predicted molar refractivity (Wildman–Crippen MR) is 334 cm³/mol. The maximum atomic E-state index is 13.0. The molecule has 12 heteroatoms. The number of ether oxygens (including phenoxy) is 3. The third-order valence-electron chi connectivity index (χ3n) is 12.8. The maximum Gasteiger partial charge on any atom is 0.472 e. The molecule has 456 valence electrons. The van der Waals surface area contributed by atoms with E-state index in [4.69, 9.17) is 23.3 Å². The zero-order chi connectivity index (χ0) is 58.3. The minimum atomic E-state index is -4.77. The highest BCUT2D eigenvalue weighted by atomic mass is 31.2. The van der Waals surface area contributed by atoms with Crippen molar-refractivity contribution < 1.29 is 52.2 Å². The summed E-state index contributed by atoms with van der Waals surface area (Å²) in [5, 5.41) is 9.85. The van der Waals surface area contributed by atoms with Crippen molar-refractivity contribution in [3.05, 3.63) is 122 Å². The SMILES string of the molecule is CC/C=C\C/C=C\C/C=C\C/C=C\CCCCCCCCC(=O)OC(CO)COP(=O)(O)OCC(COC(=O)CCCCCCC/C=C\C/C=C\CCCCC)OC(=O)CCCCCCCC/C=C\C/C=C\C/C=C\C/C=C\CC. The number of allylic oxidation sites excluding steroid dienone is 20. The number of aliphatic hydroxyl groups excluding tert-OH is 1. The van der Waals surface area contributed by atoms with Crippen LogP contribution in [0.15, 0.2) is 122 Å². The second-order valence-electron chi connectivity index (χ2n) is 20.5. The first-order valence-corrected chi connectivity index (χ1v) is 32.9. The molecule has 0 amide bonds. The van der Waals surface area contributed by atoms with Gasteiger partial charge in [-0.2, -0.15) is 0 Å². The summed E-state index contributed by atoms with van der Waals surface area (Å²) in [7, 11) is -4.77. The molecule has 0 aromatic heterocycles. The molecular weight excluding hydrogens is 1020 g/mol. The molecular formula is C68H113O11P. The van der Waals surface area contributed by atoms with Gasteiger partial charge in [-0.25, -0.2) is 4.57 Å². The van der Waals surface area contributed by atoms with Crippen LogP contribution in [-0.2, 0) is 42.2 Å². The fourth-order valence-corrected chi connectivity index (χ4v) is 8.92. The maximum absolute atomic E-state index is 13.0. The number of unbranched alkanes of at least 4 members (excludes halogenated alkanes) is 20. The summed E-state index contributed by atoms with van der Waals surface area (Å²) in [5.41, 5.74) is 0. The highest BCUT2D eigenvalue weighted by molar-refractivity contribution is 7.47. The number of esters is 3. The van der Waals surface area contributed by atoms with E-state index in [0.717, 1.165) is 173 Å². The van der Waals surface area contributed by atoms with Crippen LogP contribution in [0.25, 0.3) is 0 Å². The van der Waals surface area contributed by atoms with E-state index in [-0.39, 0.29) is 25.9 Å². The lowest BCUT2D eigenvalue weighted by molar-refractivity contribution is -0.161. The predicted octanol–water partition coefficient (Wildman–Crippen LogP) is 19.1. The van der Waals surface area contributed by atoms with Crippen molar-refractivity contribution in [1.82, 2.24) is 0 Å². The molecule has 11 nitrogen and oxygen atoms in total. The fraction of sp³-hybridized carbons (Fsp3) is 0.662. The van der Waals surface area contributed by atoms with E-state index in [1.807, 2.05) is 0 Å². The van der Waals surface area contributed by atoms with Crippen LogP contribution < -0.4 is 0 Å². The second kappa shape index (κ2) is 61.0. The standard InChI is InChI=1S/C68H113O11P/c1-4-7-10-13-16-19-22-25-28-30-32-34-37-40-43-46-49-52-55-58-67(71)78-64(60-69)62-76-80(73,74)77-63-65(61-75-66(70)57-54-51-48-45-42-39-36-27-24-21-18-15-12-9-6-3)79-68(72)59-56-53-50-47-44-41-38-35-33-31-29-26-23-20-17-14-11-8-5-2/h7-8,10-11,16-21,25-29,32-36,64-65,69H,4-6,9,12-15,22-24,30-31,37-63H2,1-3H3,(H,73,74)/b10-7-,11-8-,19-16-,20-17-,21-18-,28-25-,29-26-,34-32-,35-33-,36-27-. The first-order chi connectivity index (χ1) is 39.2. The van der Waals surface area contributed by atoms with Gasteiger partial charge in [0.25, 0.3) is 0 Å². The number of phosphoric ester groups is 1. The van der Waals surface area contributed by atoms with Gasteiger partial charge in [-0.3, -0.25) is 23.4 Å². The molecule has 0 spiro atoms. The summed E-state index contributed by atoms with van der Waals surface area (Å²) in [6.45, 7) is 4.35. The van der Waals surface area contributed by atoms with Crippen LogP contribution in [0.2, 0.25) is 0 Å². The van der Waals surface area contributed by atoms with Crippen LogP contribution >= 0.6 is 7.82 Å². The highest BCUT2D eigenvalue weighted by Gasteiger charge is 2.28. The normalized spacial score (nSPS) is 14.1. The van der Waals surface area contributed by atoms with Gasteiger partial charge in [0.15, 0.2) is 6.10 Å². The van der Waals surface area contributed by atoms with Gasteiger partial charge in [0.1, 0.15) is 12.7 Å². The van der Waals surface area contributed by atoms with E-state index < -0.39 is 57.8 Å². The van der Waals surface area contributed by atoms with E-state index in [9.17, 15) is 28.9 Å². The second-order valence-corrected chi connectivity index (χ2v) is 21.9. The molecule has 0 aliphatic carbocycles. The molecule has 0 aliphatic heterocycles. The van der Waals surface area contributed by atoms with Crippen LogP contribution in [0.3, 0.4) is 0 Å². The molecule has 0 rings (SSSR count). The molecule has 0 saturated heterocycles. The summed E-state index contributed by atoms with van der Waals surface area (Å²) in [5.74, 6) is -1.52. The lowest BCUT2D eigenvalue weighted by Gasteiger charge is -2.21. The molecule has 0 aliphatic rings. The van der Waals surface area contributed by atoms with Gasteiger partial charge < -0.3 is 24.2 Å². The van der Waals surface area contributed by atoms with E-state index >= 15 is 0 Å². The number of aliphatic hydroxyl groups is 1. The Morgan fingerprint density at radius 3 is 1.00 bits per heavy atom. The molecule has 0 heterocycles. The van der Waals surface area contributed by atoms with Crippen LogP contribution in [0.1, 0.15) is 252 Å². The van der Waals surface area contributed by atoms with Gasteiger partial charge in [0.2, 0.25) is 0 Å². The van der Waals surface area contributed by atoms with E-state index in [1.165, 1.54) is 19.3 Å². The summed E-state index contributed by atoms with van der Waals surface area (Å²) in [4.78, 5) is 48.7. The Kier molecular flexibility index (Phi) is 57.8. The molecule has 0 aromatic rings. The third kappa shape index (κ3) is 58.5. The average Bonchev–Trinajstić information content (AvgIpc) is 3.45.